The standard InChI is InChI=1S/C25H29N7O.2H2/c1-5-10-28-23(33)19-15-29-24(31-17-7-6-16-8-11-26-20(16)13-17)32-22(19)30-18-9-12-27-21(14-18)25(2,3)4;;/h5-7,9,12-15,26H,1,8,10-11H2,2-4H3,(H,28,33)(H2,27,29,30,31,32);2*1H. The van der Waals surface area contributed by atoms with Gasteiger partial charge in [-0.1, -0.05) is 32.9 Å². The molecule has 0 fully saturated rings. The van der Waals surface area contributed by atoms with Crippen LogP contribution in [0.1, 0.15) is 45.2 Å². The van der Waals surface area contributed by atoms with Crippen LogP contribution in [-0.2, 0) is 11.8 Å². The molecule has 174 valence electrons. The second-order valence-electron chi connectivity index (χ2n) is 8.93. The Kier molecular flexibility index (Phi) is 6.26. The van der Waals surface area contributed by atoms with Crippen LogP contribution in [0.5, 0.6) is 0 Å². The highest BCUT2D eigenvalue weighted by Crippen LogP contribution is 2.28. The summed E-state index contributed by atoms with van der Waals surface area (Å²) in [4.78, 5) is 26.2. The maximum absolute atomic E-state index is 12.7. The van der Waals surface area contributed by atoms with Gasteiger partial charge in [0.2, 0.25) is 5.95 Å². The highest BCUT2D eigenvalue weighted by atomic mass is 16.1. The summed E-state index contributed by atoms with van der Waals surface area (Å²) in [5.41, 5.74) is 5.24. The van der Waals surface area contributed by atoms with Crippen LogP contribution in [0.25, 0.3) is 0 Å². The lowest BCUT2D eigenvalue weighted by molar-refractivity contribution is 0.0958. The molecule has 0 unspecified atom stereocenters. The van der Waals surface area contributed by atoms with Crippen LogP contribution in [0, 0.1) is 0 Å². The van der Waals surface area contributed by atoms with Crippen molar-refractivity contribution in [3.8, 4) is 0 Å². The van der Waals surface area contributed by atoms with Gasteiger partial charge in [0.25, 0.3) is 5.91 Å². The van der Waals surface area contributed by atoms with Gasteiger partial charge in [-0.3, -0.25) is 9.78 Å². The van der Waals surface area contributed by atoms with Crippen molar-refractivity contribution in [1.82, 2.24) is 20.3 Å². The Morgan fingerprint density at radius 2 is 2.00 bits per heavy atom. The minimum absolute atomic E-state index is 0. The zero-order valence-corrected chi connectivity index (χ0v) is 19.2. The van der Waals surface area contributed by atoms with Gasteiger partial charge in [-0.15, -0.1) is 6.58 Å². The summed E-state index contributed by atoms with van der Waals surface area (Å²) in [7, 11) is 0. The fourth-order valence-corrected chi connectivity index (χ4v) is 3.52. The number of hydrogen-bond donors (Lipinski definition) is 4. The van der Waals surface area contributed by atoms with Crippen molar-refractivity contribution in [1.29, 1.82) is 0 Å². The normalized spacial score (nSPS) is 12.5. The fraction of sp³-hybridized carbons (Fsp3) is 0.280. The van der Waals surface area contributed by atoms with Gasteiger partial charge in [-0.2, -0.15) is 4.98 Å². The first-order valence-corrected chi connectivity index (χ1v) is 11.0. The number of nitrogens with zero attached hydrogens (tertiary/aromatic N) is 3. The Labute approximate surface area is 196 Å². The molecule has 4 N–H and O–H groups in total. The molecule has 8 nitrogen and oxygen atoms in total. The molecule has 2 aromatic heterocycles. The molecule has 4 rings (SSSR count). The predicted molar refractivity (Wildman–Crippen MR) is 137 cm³/mol. The van der Waals surface area contributed by atoms with Crippen LogP contribution < -0.4 is 21.3 Å². The van der Waals surface area contributed by atoms with Crippen molar-refractivity contribution in [2.24, 2.45) is 0 Å². The molecular formula is C25H33N7O. The summed E-state index contributed by atoms with van der Waals surface area (Å²) >= 11 is 0. The Hall–Kier alpha value is -3.94. The molecular weight excluding hydrogens is 414 g/mol. The number of amides is 1. The van der Waals surface area contributed by atoms with Gasteiger partial charge in [0.1, 0.15) is 11.4 Å². The summed E-state index contributed by atoms with van der Waals surface area (Å²) in [6.07, 6.45) is 5.92. The number of benzene rings is 1. The third kappa shape index (κ3) is 5.28. The van der Waals surface area contributed by atoms with E-state index in [-0.39, 0.29) is 14.2 Å². The molecule has 3 heterocycles. The molecule has 0 bridgehead atoms. The SMILES string of the molecule is C=CCNC(=O)c1cnc(Nc2ccc3c(c2)NCC3)nc1Nc1ccnc(C(C)(C)C)c1.[HH].[HH]. The number of pyridine rings is 1. The second kappa shape index (κ2) is 9.28. The van der Waals surface area contributed by atoms with Gasteiger partial charge >= 0.3 is 0 Å². The Morgan fingerprint density at radius 3 is 2.79 bits per heavy atom. The van der Waals surface area contributed by atoms with Crippen LogP contribution in [-0.4, -0.2) is 33.9 Å². The van der Waals surface area contributed by atoms with Gasteiger partial charge in [-0.25, -0.2) is 4.98 Å². The first kappa shape index (κ1) is 22.3. The largest absolute Gasteiger partial charge is 0.384 e. The number of nitrogens with one attached hydrogen (secondary N) is 4. The minimum Gasteiger partial charge on any atom is -0.384 e. The molecule has 33 heavy (non-hydrogen) atoms. The zero-order chi connectivity index (χ0) is 23.4. The average molecular weight is 448 g/mol. The summed E-state index contributed by atoms with van der Waals surface area (Å²) in [5, 5.41) is 12.7. The third-order valence-corrected chi connectivity index (χ3v) is 5.31. The number of fused-ring (bicyclic) bond motifs is 1. The van der Waals surface area contributed by atoms with Crippen molar-refractivity contribution >= 4 is 34.7 Å². The monoisotopic (exact) mass is 447 g/mol. The minimum atomic E-state index is -0.282. The number of carbonyl (C=O) groups excluding carboxylic acids is 1. The van der Waals surface area contributed by atoms with Gasteiger partial charge < -0.3 is 21.3 Å². The molecule has 1 aromatic carbocycles. The van der Waals surface area contributed by atoms with Gasteiger partial charge in [0.15, 0.2) is 0 Å². The van der Waals surface area contributed by atoms with E-state index in [0.717, 1.165) is 35.7 Å². The van der Waals surface area contributed by atoms with Crippen LogP contribution in [0.15, 0.2) is 55.4 Å². The van der Waals surface area contributed by atoms with Gasteiger partial charge in [0, 0.05) is 56.5 Å². The molecule has 0 atom stereocenters. The molecule has 1 aliphatic heterocycles. The van der Waals surface area contributed by atoms with Crippen LogP contribution in [0.4, 0.5) is 28.8 Å². The number of anilines is 5. The van der Waals surface area contributed by atoms with Crippen LogP contribution >= 0.6 is 0 Å². The van der Waals surface area contributed by atoms with Crippen LogP contribution in [0.3, 0.4) is 0 Å². The molecule has 0 saturated heterocycles. The van der Waals surface area contributed by atoms with Crippen molar-refractivity contribution in [3.63, 3.8) is 0 Å². The van der Waals surface area contributed by atoms with E-state index >= 15 is 0 Å². The smallest absolute Gasteiger partial charge is 0.256 e. The number of rotatable bonds is 7. The predicted octanol–water partition coefficient (Wildman–Crippen LogP) is 5.03. The van der Waals surface area contributed by atoms with E-state index in [0.29, 0.717) is 23.9 Å². The third-order valence-electron chi connectivity index (χ3n) is 5.31. The van der Waals surface area contributed by atoms with Crippen molar-refractivity contribution in [2.75, 3.05) is 29.0 Å². The van der Waals surface area contributed by atoms with Crippen molar-refractivity contribution < 1.29 is 7.65 Å². The van der Waals surface area contributed by atoms with Crippen molar-refractivity contribution in [3.05, 3.63) is 72.2 Å². The van der Waals surface area contributed by atoms with Gasteiger partial charge in [0.05, 0.1) is 0 Å². The van der Waals surface area contributed by atoms with Crippen LogP contribution in [0.2, 0.25) is 0 Å². The Balaban J connectivity index is 0.00000216. The van der Waals surface area contributed by atoms with E-state index < -0.39 is 0 Å². The van der Waals surface area contributed by atoms with Gasteiger partial charge in [-0.05, 0) is 36.2 Å². The summed E-state index contributed by atoms with van der Waals surface area (Å²) < 4.78 is 0. The highest BCUT2D eigenvalue weighted by molar-refractivity contribution is 5.99. The van der Waals surface area contributed by atoms with Crippen molar-refractivity contribution in [2.45, 2.75) is 32.6 Å². The van der Waals surface area contributed by atoms with E-state index in [9.17, 15) is 4.79 Å². The lowest BCUT2D eigenvalue weighted by atomic mass is 9.91. The quantitative estimate of drug-likeness (QED) is 0.377. The Morgan fingerprint density at radius 1 is 1.18 bits per heavy atom. The number of hydrogen-bond acceptors (Lipinski definition) is 7. The Bertz CT molecular complexity index is 1190. The van der Waals surface area contributed by atoms with E-state index in [1.54, 1.807) is 12.3 Å². The molecule has 0 radical (unpaired) electrons. The second-order valence-corrected chi connectivity index (χ2v) is 8.93. The van der Waals surface area contributed by atoms with E-state index in [4.69, 9.17) is 0 Å². The molecule has 8 heteroatoms. The molecule has 0 spiro atoms. The summed E-state index contributed by atoms with van der Waals surface area (Å²) in [6.45, 7) is 11.3. The zero-order valence-electron chi connectivity index (χ0n) is 19.2. The molecule has 0 saturated carbocycles. The topological polar surface area (TPSA) is 104 Å². The number of carbonyl (C=O) groups is 1. The molecule has 0 aliphatic carbocycles. The van der Waals surface area contributed by atoms with E-state index in [1.165, 1.54) is 11.8 Å². The van der Waals surface area contributed by atoms with E-state index in [2.05, 4.69) is 69.6 Å². The summed E-state index contributed by atoms with van der Waals surface area (Å²) in [6, 6.07) is 9.96. The summed E-state index contributed by atoms with van der Waals surface area (Å²) in [5.74, 6) is 0.510. The molecule has 3 aromatic rings. The average Bonchev–Trinajstić information content (AvgIpc) is 3.25. The number of aromatic nitrogens is 3. The molecule has 1 amide bonds. The first-order chi connectivity index (χ1) is 15.8. The van der Waals surface area contributed by atoms with E-state index in [1.807, 2.05) is 24.3 Å². The maximum atomic E-state index is 12.7. The fourth-order valence-electron chi connectivity index (χ4n) is 3.52. The highest BCUT2D eigenvalue weighted by Gasteiger charge is 2.18. The lowest BCUT2D eigenvalue weighted by Gasteiger charge is -2.19. The molecule has 1 aliphatic rings. The lowest BCUT2D eigenvalue weighted by Crippen LogP contribution is -2.25. The first-order valence-electron chi connectivity index (χ1n) is 11.0. The maximum Gasteiger partial charge on any atom is 0.256 e.